The van der Waals surface area contributed by atoms with Crippen molar-refractivity contribution >= 4 is 11.9 Å². The molecule has 1 rings (SSSR count). The third-order valence-electron chi connectivity index (χ3n) is 2.91. The van der Waals surface area contributed by atoms with Gasteiger partial charge in [0.1, 0.15) is 17.6 Å². The van der Waals surface area contributed by atoms with Crippen LogP contribution in [0.4, 0.5) is 0 Å². The number of esters is 1. The number of benzene rings is 1. The number of carbonyl (C=O) groups is 2. The molecule has 8 heteroatoms. The molecule has 0 amide bonds. The Balaban J connectivity index is 3.32. The Morgan fingerprint density at radius 2 is 1.64 bits per heavy atom. The number of carboxylic acids is 1. The van der Waals surface area contributed by atoms with Gasteiger partial charge in [0.05, 0.1) is 32.0 Å². The quantitative estimate of drug-likeness (QED) is 0.617. The van der Waals surface area contributed by atoms with E-state index in [0.29, 0.717) is 0 Å². The highest BCUT2D eigenvalue weighted by atomic mass is 16.5. The molecule has 0 aliphatic carbocycles. The fraction of sp³-hybridized carbons (Fsp3) is 0.429. The van der Waals surface area contributed by atoms with Gasteiger partial charge in [0.25, 0.3) is 0 Å². The van der Waals surface area contributed by atoms with E-state index in [1.54, 1.807) is 6.92 Å². The minimum Gasteiger partial charge on any atom is -0.496 e. The highest BCUT2D eigenvalue weighted by molar-refractivity contribution is 5.89. The maximum absolute atomic E-state index is 11.5. The lowest BCUT2D eigenvalue weighted by atomic mass is 9.99. The van der Waals surface area contributed by atoms with Crippen LogP contribution in [0.15, 0.2) is 12.1 Å². The van der Waals surface area contributed by atoms with Gasteiger partial charge in [-0.2, -0.15) is 0 Å². The van der Waals surface area contributed by atoms with Crippen molar-refractivity contribution in [3.8, 4) is 11.5 Å². The van der Waals surface area contributed by atoms with Crippen LogP contribution in [0.3, 0.4) is 0 Å². The Labute approximate surface area is 126 Å². The van der Waals surface area contributed by atoms with Gasteiger partial charge < -0.3 is 29.5 Å². The third-order valence-corrected chi connectivity index (χ3v) is 2.91. The number of carbonyl (C=O) groups excluding carboxylic acids is 1. The van der Waals surface area contributed by atoms with Crippen LogP contribution in [0.25, 0.3) is 0 Å². The van der Waals surface area contributed by atoms with Gasteiger partial charge in [-0.15, -0.1) is 0 Å². The van der Waals surface area contributed by atoms with Gasteiger partial charge in [0.15, 0.2) is 6.10 Å². The van der Waals surface area contributed by atoms with Crippen LogP contribution < -0.4 is 9.47 Å². The fourth-order valence-corrected chi connectivity index (χ4v) is 1.87. The molecule has 22 heavy (non-hydrogen) atoms. The Hall–Kier alpha value is -2.32. The molecule has 0 aliphatic heterocycles. The van der Waals surface area contributed by atoms with Gasteiger partial charge in [0.2, 0.25) is 0 Å². The normalized spacial score (nSPS) is 13.1. The first kappa shape index (κ1) is 17.7. The summed E-state index contributed by atoms with van der Waals surface area (Å²) in [5, 5.41) is 29.0. The van der Waals surface area contributed by atoms with Crippen molar-refractivity contribution in [1.82, 2.24) is 0 Å². The molecule has 0 radical (unpaired) electrons. The molecule has 0 aromatic heterocycles. The van der Waals surface area contributed by atoms with Gasteiger partial charge in [-0.05, 0) is 19.1 Å². The van der Waals surface area contributed by atoms with Gasteiger partial charge in [-0.3, -0.25) is 0 Å². The molecule has 1 aromatic carbocycles. The van der Waals surface area contributed by atoms with E-state index >= 15 is 0 Å². The molecule has 0 aliphatic rings. The largest absolute Gasteiger partial charge is 0.496 e. The van der Waals surface area contributed by atoms with Crippen LogP contribution in [0.2, 0.25) is 0 Å². The smallest absolute Gasteiger partial charge is 0.338 e. The Morgan fingerprint density at radius 1 is 1.14 bits per heavy atom. The molecule has 0 heterocycles. The van der Waals surface area contributed by atoms with Gasteiger partial charge in [-0.1, -0.05) is 0 Å². The molecule has 2 atom stereocenters. The summed E-state index contributed by atoms with van der Waals surface area (Å²) in [5.74, 6) is -2.30. The fourth-order valence-electron chi connectivity index (χ4n) is 1.87. The summed E-state index contributed by atoms with van der Waals surface area (Å²) in [7, 11) is 2.51. The average Bonchev–Trinajstić information content (AvgIpc) is 2.51. The number of rotatable bonds is 7. The molecule has 0 fully saturated rings. The summed E-state index contributed by atoms with van der Waals surface area (Å²) in [6.07, 6.45) is -3.56. The number of aliphatic hydroxyl groups is 2. The summed E-state index contributed by atoms with van der Waals surface area (Å²) < 4.78 is 14.7. The molecule has 122 valence electrons. The monoisotopic (exact) mass is 314 g/mol. The molecule has 1 aromatic rings. The van der Waals surface area contributed by atoms with E-state index in [1.165, 1.54) is 14.2 Å². The maximum atomic E-state index is 11.5. The van der Waals surface area contributed by atoms with Gasteiger partial charge in [0, 0.05) is 0 Å². The van der Waals surface area contributed by atoms with E-state index in [2.05, 4.69) is 4.74 Å². The van der Waals surface area contributed by atoms with Crippen molar-refractivity contribution < 1.29 is 39.1 Å². The Morgan fingerprint density at radius 3 is 2.00 bits per heavy atom. The SMILES string of the molecule is CCOC(=O)C(O)C(O)c1c(OC)cc(C(=O)O)cc1OC. The number of methoxy groups -OCH3 is 2. The zero-order valence-electron chi connectivity index (χ0n) is 12.4. The second-order valence-corrected chi connectivity index (χ2v) is 4.24. The second kappa shape index (κ2) is 7.62. The van der Waals surface area contributed by atoms with Crippen molar-refractivity contribution in [3.63, 3.8) is 0 Å². The second-order valence-electron chi connectivity index (χ2n) is 4.24. The number of aromatic carboxylic acids is 1. The summed E-state index contributed by atoms with van der Waals surface area (Å²) in [6, 6.07) is 2.31. The van der Waals surface area contributed by atoms with E-state index < -0.39 is 24.1 Å². The van der Waals surface area contributed by atoms with E-state index in [0.717, 1.165) is 12.1 Å². The predicted octanol–water partition coefficient (Wildman–Crippen LogP) is 0.359. The van der Waals surface area contributed by atoms with Crippen molar-refractivity contribution in [2.45, 2.75) is 19.1 Å². The van der Waals surface area contributed by atoms with E-state index in [1.807, 2.05) is 0 Å². The summed E-state index contributed by atoms with van der Waals surface area (Å²) >= 11 is 0. The first-order valence-electron chi connectivity index (χ1n) is 6.39. The van der Waals surface area contributed by atoms with Crippen LogP contribution in [-0.4, -0.2) is 54.2 Å². The molecule has 0 bridgehead atoms. The van der Waals surface area contributed by atoms with E-state index in [4.69, 9.17) is 14.6 Å². The van der Waals surface area contributed by atoms with Crippen LogP contribution >= 0.6 is 0 Å². The summed E-state index contributed by atoms with van der Waals surface area (Å²) in [4.78, 5) is 22.6. The molecular weight excluding hydrogens is 296 g/mol. The number of hydrogen-bond acceptors (Lipinski definition) is 7. The zero-order valence-corrected chi connectivity index (χ0v) is 12.4. The van der Waals surface area contributed by atoms with Crippen LogP contribution in [0.5, 0.6) is 11.5 Å². The highest BCUT2D eigenvalue weighted by Crippen LogP contribution is 2.37. The van der Waals surface area contributed by atoms with Crippen LogP contribution in [0.1, 0.15) is 28.9 Å². The van der Waals surface area contributed by atoms with Gasteiger partial charge >= 0.3 is 11.9 Å². The minimum absolute atomic E-state index is 0.0346. The highest BCUT2D eigenvalue weighted by Gasteiger charge is 2.32. The van der Waals surface area contributed by atoms with Gasteiger partial charge in [-0.25, -0.2) is 9.59 Å². The first-order chi connectivity index (χ1) is 10.4. The molecule has 2 unspecified atom stereocenters. The van der Waals surface area contributed by atoms with Crippen LogP contribution in [0, 0.1) is 0 Å². The van der Waals surface area contributed by atoms with Crippen LogP contribution in [-0.2, 0) is 9.53 Å². The van der Waals surface area contributed by atoms with Crippen molar-refractivity contribution in [2.75, 3.05) is 20.8 Å². The van der Waals surface area contributed by atoms with Crippen molar-refractivity contribution in [2.24, 2.45) is 0 Å². The zero-order chi connectivity index (χ0) is 16.9. The van der Waals surface area contributed by atoms with E-state index in [-0.39, 0.29) is 29.2 Å². The Bertz CT molecular complexity index is 529. The van der Waals surface area contributed by atoms with E-state index in [9.17, 15) is 19.8 Å². The number of hydrogen-bond donors (Lipinski definition) is 3. The number of ether oxygens (including phenoxy) is 3. The molecule has 0 spiro atoms. The summed E-state index contributed by atoms with van der Waals surface area (Å²) in [5.41, 5.74) is -0.175. The molecule has 0 saturated carbocycles. The number of aliphatic hydroxyl groups excluding tert-OH is 2. The van der Waals surface area contributed by atoms with Crippen molar-refractivity contribution in [1.29, 1.82) is 0 Å². The summed E-state index contributed by atoms with van der Waals surface area (Å²) in [6.45, 7) is 1.59. The third kappa shape index (κ3) is 3.66. The predicted molar refractivity (Wildman–Crippen MR) is 74.1 cm³/mol. The topological polar surface area (TPSA) is 123 Å². The molecule has 0 saturated heterocycles. The minimum atomic E-state index is -1.86. The number of carboxylic acid groups (broad SMARTS) is 1. The lowest BCUT2D eigenvalue weighted by Gasteiger charge is -2.21. The molecular formula is C14H18O8. The van der Waals surface area contributed by atoms with Crippen molar-refractivity contribution in [3.05, 3.63) is 23.3 Å². The molecule has 8 nitrogen and oxygen atoms in total. The Kier molecular flexibility index (Phi) is 6.14. The maximum Gasteiger partial charge on any atom is 0.338 e. The average molecular weight is 314 g/mol. The first-order valence-corrected chi connectivity index (χ1v) is 6.39. The standard InChI is InChI=1S/C14H18O8/c1-4-22-14(19)12(16)11(15)10-8(20-2)5-7(13(17)18)6-9(10)21-3/h5-6,11-12,15-16H,4H2,1-3H3,(H,17,18). The lowest BCUT2D eigenvalue weighted by Crippen LogP contribution is -2.30. The molecule has 3 N–H and O–H groups in total. The lowest BCUT2D eigenvalue weighted by molar-refractivity contribution is -0.159.